The summed E-state index contributed by atoms with van der Waals surface area (Å²) < 4.78 is 36.9. The molecule has 1 saturated heterocycles. The van der Waals surface area contributed by atoms with Crippen molar-refractivity contribution in [3.63, 3.8) is 0 Å². The normalized spacial score (nSPS) is 19.8. The molecule has 8 heteroatoms. The minimum atomic E-state index is -0.803. The third-order valence-electron chi connectivity index (χ3n) is 4.41. The molecule has 0 bridgehead atoms. The van der Waals surface area contributed by atoms with Gasteiger partial charge in [0.15, 0.2) is 0 Å². The lowest BCUT2D eigenvalue weighted by Gasteiger charge is -2.38. The maximum absolute atomic E-state index is 14.2. The molecule has 0 saturated carbocycles. The minimum absolute atomic E-state index is 0.102. The topological polar surface area (TPSA) is 72.9 Å². The maximum atomic E-state index is 14.2. The molecule has 26 heavy (non-hydrogen) atoms. The van der Waals surface area contributed by atoms with Crippen molar-refractivity contribution in [3.8, 4) is 0 Å². The summed E-state index contributed by atoms with van der Waals surface area (Å²) in [6, 6.07) is 2.30. The van der Waals surface area contributed by atoms with Crippen molar-refractivity contribution in [1.82, 2.24) is 4.90 Å². The Balaban J connectivity index is 2.23. The summed E-state index contributed by atoms with van der Waals surface area (Å²) in [5, 5.41) is 0. The van der Waals surface area contributed by atoms with Gasteiger partial charge in [-0.05, 0) is 25.8 Å². The van der Waals surface area contributed by atoms with Crippen molar-refractivity contribution in [2.75, 3.05) is 20.3 Å². The third-order valence-corrected chi connectivity index (χ3v) is 4.41. The highest BCUT2D eigenvalue weighted by atomic mass is 19.1. The Bertz CT molecular complexity index is 694. The van der Waals surface area contributed by atoms with Gasteiger partial charge in [0.1, 0.15) is 23.8 Å². The average Bonchev–Trinajstić information content (AvgIpc) is 2.60. The van der Waals surface area contributed by atoms with E-state index in [1.165, 1.54) is 18.1 Å². The second-order valence-corrected chi connectivity index (χ2v) is 6.01. The summed E-state index contributed by atoms with van der Waals surface area (Å²) in [5.74, 6) is -3.00. The molecule has 1 amide bonds. The summed E-state index contributed by atoms with van der Waals surface area (Å²) in [7, 11) is 1.21. The van der Waals surface area contributed by atoms with E-state index in [9.17, 15) is 23.2 Å². The number of carbonyl (C=O) groups is 3. The Morgan fingerprint density at radius 1 is 1.27 bits per heavy atom. The first kappa shape index (κ1) is 19.8. The van der Waals surface area contributed by atoms with Crippen LogP contribution in [0, 0.1) is 17.6 Å². The summed E-state index contributed by atoms with van der Waals surface area (Å²) in [4.78, 5) is 37.2. The van der Waals surface area contributed by atoms with Crippen LogP contribution in [0.15, 0.2) is 18.2 Å². The van der Waals surface area contributed by atoms with Crippen molar-refractivity contribution in [1.29, 1.82) is 0 Å². The summed E-state index contributed by atoms with van der Waals surface area (Å²) in [6.07, 6.45) is -0.576. The molecule has 2 atom stereocenters. The number of methoxy groups -OCH3 is 1. The van der Waals surface area contributed by atoms with E-state index in [2.05, 4.69) is 0 Å². The number of likely N-dealkylation sites (tertiary alicyclic amines) is 1. The molecule has 0 spiro atoms. The quantitative estimate of drug-likeness (QED) is 0.589. The standard InChI is InChI=1S/C18H21F2NO5/c1-3-26-17(23)10-16(22)11-6-7-21(18(24)25-2)15(8-11)13-5-4-12(19)9-14(13)20/h4-5,9,11,15H,3,6-8,10H2,1-2H3. The second kappa shape index (κ2) is 8.73. The molecule has 1 fully saturated rings. The fourth-order valence-electron chi connectivity index (χ4n) is 3.16. The summed E-state index contributed by atoms with van der Waals surface area (Å²) in [6.45, 7) is 1.98. The lowest BCUT2D eigenvalue weighted by atomic mass is 9.83. The number of nitrogens with zero attached hydrogens (tertiary/aromatic N) is 1. The highest BCUT2D eigenvalue weighted by molar-refractivity contribution is 5.97. The number of Topliss-reactive ketones (excluding diaryl/α,β-unsaturated/α-hetero) is 1. The number of piperidine rings is 1. The molecule has 1 aromatic carbocycles. The van der Waals surface area contributed by atoms with Crippen LogP contribution in [0.3, 0.4) is 0 Å². The molecular formula is C18H21F2NO5. The molecule has 1 heterocycles. The summed E-state index contributed by atoms with van der Waals surface area (Å²) in [5.41, 5.74) is 0.102. The number of benzene rings is 1. The molecule has 6 nitrogen and oxygen atoms in total. The van der Waals surface area contributed by atoms with E-state index in [-0.39, 0.29) is 37.3 Å². The Morgan fingerprint density at radius 2 is 2.00 bits per heavy atom. The zero-order chi connectivity index (χ0) is 19.3. The van der Waals surface area contributed by atoms with Gasteiger partial charge in [-0.1, -0.05) is 6.07 Å². The number of esters is 1. The SMILES string of the molecule is CCOC(=O)CC(=O)C1CCN(C(=O)OC)C(c2ccc(F)cc2F)C1. The first-order valence-corrected chi connectivity index (χ1v) is 8.35. The first-order valence-electron chi connectivity index (χ1n) is 8.35. The van der Waals surface area contributed by atoms with Crippen LogP contribution < -0.4 is 0 Å². The van der Waals surface area contributed by atoms with Crippen molar-refractivity contribution in [3.05, 3.63) is 35.4 Å². The second-order valence-electron chi connectivity index (χ2n) is 6.01. The van der Waals surface area contributed by atoms with Gasteiger partial charge in [-0.3, -0.25) is 9.59 Å². The lowest BCUT2D eigenvalue weighted by Crippen LogP contribution is -2.43. The van der Waals surface area contributed by atoms with Crippen LogP contribution in [0.5, 0.6) is 0 Å². The molecule has 1 aliphatic heterocycles. The zero-order valence-corrected chi connectivity index (χ0v) is 14.7. The Morgan fingerprint density at radius 3 is 2.62 bits per heavy atom. The molecular weight excluding hydrogens is 348 g/mol. The van der Waals surface area contributed by atoms with Crippen LogP contribution in [0.4, 0.5) is 13.6 Å². The highest BCUT2D eigenvalue weighted by Gasteiger charge is 2.37. The van der Waals surface area contributed by atoms with E-state index in [1.807, 2.05) is 0 Å². The first-order chi connectivity index (χ1) is 12.4. The summed E-state index contributed by atoms with van der Waals surface area (Å²) >= 11 is 0. The van der Waals surface area contributed by atoms with Crippen molar-refractivity contribution in [2.45, 2.75) is 32.2 Å². The molecule has 1 aromatic rings. The number of ketones is 1. The average molecular weight is 369 g/mol. The molecule has 2 unspecified atom stereocenters. The van der Waals surface area contributed by atoms with Crippen molar-refractivity contribution in [2.24, 2.45) is 5.92 Å². The van der Waals surface area contributed by atoms with Crippen LogP contribution in [0.2, 0.25) is 0 Å². The van der Waals surface area contributed by atoms with E-state index in [1.54, 1.807) is 6.92 Å². The number of rotatable bonds is 5. The fraction of sp³-hybridized carbons (Fsp3) is 0.500. The zero-order valence-electron chi connectivity index (χ0n) is 14.7. The number of halogens is 2. The number of hydrogen-bond donors (Lipinski definition) is 0. The Labute approximate surface area is 150 Å². The van der Waals surface area contributed by atoms with Crippen LogP contribution in [-0.4, -0.2) is 43.0 Å². The predicted octanol–water partition coefficient (Wildman–Crippen LogP) is 3.01. The Kier molecular flexibility index (Phi) is 6.65. The van der Waals surface area contributed by atoms with Gasteiger partial charge in [0.05, 0.1) is 19.8 Å². The maximum Gasteiger partial charge on any atom is 0.409 e. The van der Waals surface area contributed by atoms with Gasteiger partial charge >= 0.3 is 12.1 Å². The van der Waals surface area contributed by atoms with Crippen molar-refractivity contribution < 1.29 is 32.6 Å². The number of hydrogen-bond acceptors (Lipinski definition) is 5. The number of amides is 1. The van der Waals surface area contributed by atoms with Crippen LogP contribution >= 0.6 is 0 Å². The van der Waals surface area contributed by atoms with Crippen LogP contribution in [0.25, 0.3) is 0 Å². The molecule has 1 aliphatic rings. The largest absolute Gasteiger partial charge is 0.466 e. The van der Waals surface area contributed by atoms with E-state index < -0.39 is 35.7 Å². The molecule has 0 N–H and O–H groups in total. The van der Waals surface area contributed by atoms with Crippen molar-refractivity contribution >= 4 is 17.8 Å². The third kappa shape index (κ3) is 4.56. The molecule has 0 aromatic heterocycles. The van der Waals surface area contributed by atoms with Crippen LogP contribution in [0.1, 0.15) is 37.8 Å². The van der Waals surface area contributed by atoms with E-state index >= 15 is 0 Å². The van der Waals surface area contributed by atoms with Gasteiger partial charge in [-0.25, -0.2) is 13.6 Å². The highest BCUT2D eigenvalue weighted by Crippen LogP contribution is 2.36. The lowest BCUT2D eigenvalue weighted by molar-refractivity contribution is -0.146. The molecule has 142 valence electrons. The van der Waals surface area contributed by atoms with E-state index in [4.69, 9.17) is 9.47 Å². The monoisotopic (exact) mass is 369 g/mol. The van der Waals surface area contributed by atoms with Gasteiger partial charge in [0, 0.05) is 24.1 Å². The van der Waals surface area contributed by atoms with Crippen LogP contribution in [-0.2, 0) is 19.1 Å². The smallest absolute Gasteiger partial charge is 0.409 e. The van der Waals surface area contributed by atoms with Gasteiger partial charge in [0.25, 0.3) is 0 Å². The molecule has 2 rings (SSSR count). The minimum Gasteiger partial charge on any atom is -0.466 e. The van der Waals surface area contributed by atoms with E-state index in [0.29, 0.717) is 6.42 Å². The van der Waals surface area contributed by atoms with Gasteiger partial charge in [0.2, 0.25) is 0 Å². The van der Waals surface area contributed by atoms with Gasteiger partial charge < -0.3 is 14.4 Å². The predicted molar refractivity (Wildman–Crippen MR) is 87.2 cm³/mol. The Hall–Kier alpha value is -2.51. The fourth-order valence-corrected chi connectivity index (χ4v) is 3.16. The number of ether oxygens (including phenoxy) is 2. The number of carbonyl (C=O) groups excluding carboxylic acids is 3. The van der Waals surface area contributed by atoms with Gasteiger partial charge in [-0.15, -0.1) is 0 Å². The molecule has 0 aliphatic carbocycles. The van der Waals surface area contributed by atoms with E-state index in [0.717, 1.165) is 12.1 Å². The molecule has 0 radical (unpaired) electrons. The van der Waals surface area contributed by atoms with Gasteiger partial charge in [-0.2, -0.15) is 0 Å².